The highest BCUT2D eigenvalue weighted by atomic mass is 32.2. The number of nitrogens with two attached hydrogens (primary N) is 1. The van der Waals surface area contributed by atoms with Crippen molar-refractivity contribution in [2.24, 2.45) is 0 Å². The molecule has 3 N–H and O–H groups in total. The molecule has 2 aromatic rings. The Morgan fingerprint density at radius 3 is 2.33 bits per heavy atom. The van der Waals surface area contributed by atoms with E-state index in [0.29, 0.717) is 0 Å². The molecule has 9 nitrogen and oxygen atoms in total. The Labute approximate surface area is 155 Å². The van der Waals surface area contributed by atoms with E-state index in [4.69, 9.17) is 5.73 Å². The first-order chi connectivity index (χ1) is 12.7. The highest BCUT2D eigenvalue weighted by Crippen LogP contribution is 2.27. The molecule has 0 saturated carbocycles. The number of carbonyl (C=O) groups excluding carboxylic acids is 2. The van der Waals surface area contributed by atoms with Crippen LogP contribution in [0.5, 0.6) is 0 Å². The third-order valence-corrected chi connectivity index (χ3v) is 6.48. The molecule has 2 heterocycles. The van der Waals surface area contributed by atoms with Crippen LogP contribution in [0.4, 0.5) is 5.82 Å². The van der Waals surface area contributed by atoms with Crippen LogP contribution in [-0.2, 0) is 10.0 Å². The topological polar surface area (TPSA) is 132 Å². The van der Waals surface area contributed by atoms with Gasteiger partial charge in [-0.25, -0.2) is 8.42 Å². The number of aromatic nitrogens is 1. The van der Waals surface area contributed by atoms with Crippen LogP contribution in [0.1, 0.15) is 34.6 Å². The van der Waals surface area contributed by atoms with E-state index in [-0.39, 0.29) is 40.6 Å². The maximum Gasteiger partial charge on any atom is 0.262 e. The van der Waals surface area contributed by atoms with Crippen molar-refractivity contribution >= 4 is 27.7 Å². The summed E-state index contributed by atoms with van der Waals surface area (Å²) in [5.41, 5.74) is 5.05. The number of pyridine rings is 1. The molecule has 0 atom stereocenters. The molecule has 142 valence electrons. The minimum Gasteiger partial charge on any atom is -0.384 e. The van der Waals surface area contributed by atoms with Gasteiger partial charge in [0.2, 0.25) is 10.0 Å². The van der Waals surface area contributed by atoms with Crippen LogP contribution in [0.15, 0.2) is 40.0 Å². The van der Waals surface area contributed by atoms with Crippen molar-refractivity contribution in [3.8, 4) is 5.69 Å². The Morgan fingerprint density at radius 2 is 1.70 bits per heavy atom. The molecule has 1 aromatic heterocycles. The summed E-state index contributed by atoms with van der Waals surface area (Å²) in [5, 5.41) is 2.07. The number of imide groups is 1. The van der Waals surface area contributed by atoms with E-state index in [1.807, 2.05) is 0 Å². The first-order valence-corrected chi connectivity index (χ1v) is 9.68. The van der Waals surface area contributed by atoms with Crippen LogP contribution < -0.4 is 16.6 Å². The Hall–Kier alpha value is -2.98. The Morgan fingerprint density at radius 1 is 1.07 bits per heavy atom. The van der Waals surface area contributed by atoms with Gasteiger partial charge in [-0.2, -0.15) is 4.31 Å². The number of fused-ring (bicyclic) bond motifs is 1. The molecule has 3 rings (SSSR count). The summed E-state index contributed by atoms with van der Waals surface area (Å²) >= 11 is 0. The summed E-state index contributed by atoms with van der Waals surface area (Å²) in [7, 11) is -3.90. The summed E-state index contributed by atoms with van der Waals surface area (Å²) in [4.78, 5) is 36.3. The van der Waals surface area contributed by atoms with E-state index in [0.717, 1.165) is 10.6 Å². The first kappa shape index (κ1) is 18.8. The summed E-state index contributed by atoms with van der Waals surface area (Å²) in [6, 6.07) is 6.86. The van der Waals surface area contributed by atoms with Crippen molar-refractivity contribution < 1.29 is 18.0 Å². The van der Waals surface area contributed by atoms with E-state index in [1.54, 1.807) is 19.9 Å². The fourth-order valence-corrected chi connectivity index (χ4v) is 4.72. The quantitative estimate of drug-likeness (QED) is 0.708. The van der Waals surface area contributed by atoms with Crippen LogP contribution in [-0.4, -0.2) is 42.2 Å². The van der Waals surface area contributed by atoms with Gasteiger partial charge in [-0.3, -0.25) is 24.3 Å². The van der Waals surface area contributed by atoms with Crippen molar-refractivity contribution in [2.75, 3.05) is 18.8 Å². The lowest BCUT2D eigenvalue weighted by atomic mass is 10.1. The predicted molar refractivity (Wildman–Crippen MR) is 98.4 cm³/mol. The molecule has 0 unspecified atom stereocenters. The highest BCUT2D eigenvalue weighted by Gasteiger charge is 2.33. The van der Waals surface area contributed by atoms with Gasteiger partial charge in [-0.1, -0.05) is 26.0 Å². The smallest absolute Gasteiger partial charge is 0.262 e. The minimum atomic E-state index is -3.90. The Bertz CT molecular complexity index is 1120. The molecule has 1 aliphatic rings. The maximum atomic E-state index is 13.0. The number of hydrogen-bond acceptors (Lipinski definition) is 6. The standard InChI is InChI=1S/C17H18N4O5S/c1-3-20(4-2)27(25,26)12-8-6-5-7-11(12)21-13(22)9-10-14(15(21)18)17(24)19-16(10)23/h5-9H,3-4,18H2,1-2H3,(H,19,23,24). The maximum absolute atomic E-state index is 13.0. The van der Waals surface area contributed by atoms with Crippen LogP contribution in [0.3, 0.4) is 0 Å². The van der Waals surface area contributed by atoms with Gasteiger partial charge in [0.25, 0.3) is 17.4 Å². The van der Waals surface area contributed by atoms with Crippen molar-refractivity contribution in [1.82, 2.24) is 14.2 Å². The number of anilines is 1. The fourth-order valence-electron chi connectivity index (χ4n) is 3.09. The molecule has 0 spiro atoms. The first-order valence-electron chi connectivity index (χ1n) is 8.24. The van der Waals surface area contributed by atoms with Gasteiger partial charge in [0.1, 0.15) is 10.7 Å². The molecule has 0 bridgehead atoms. The van der Waals surface area contributed by atoms with Crippen LogP contribution in [0, 0.1) is 0 Å². The number of hydrogen-bond donors (Lipinski definition) is 2. The van der Waals surface area contributed by atoms with Crippen LogP contribution in [0.25, 0.3) is 5.69 Å². The third kappa shape index (κ3) is 2.82. The van der Waals surface area contributed by atoms with Crippen molar-refractivity contribution in [1.29, 1.82) is 0 Å². The normalized spacial score (nSPS) is 13.7. The van der Waals surface area contributed by atoms with Gasteiger partial charge in [-0.15, -0.1) is 0 Å². The van der Waals surface area contributed by atoms with Crippen molar-refractivity contribution in [2.45, 2.75) is 18.7 Å². The molecule has 2 amide bonds. The lowest BCUT2D eigenvalue weighted by Crippen LogP contribution is -2.32. The van der Waals surface area contributed by atoms with Gasteiger partial charge < -0.3 is 5.73 Å². The van der Waals surface area contributed by atoms with E-state index < -0.39 is 27.4 Å². The zero-order valence-electron chi connectivity index (χ0n) is 14.7. The molecule has 0 aliphatic carbocycles. The SMILES string of the molecule is CCN(CC)S(=O)(=O)c1ccccc1-n1c(N)c2c(cc1=O)C(=O)NC2=O. The molecule has 10 heteroatoms. The van der Waals surface area contributed by atoms with Gasteiger partial charge in [0.15, 0.2) is 0 Å². The number of nitrogens with one attached hydrogen (secondary N) is 1. The Balaban J connectivity index is 2.33. The average molecular weight is 390 g/mol. The second-order valence-electron chi connectivity index (χ2n) is 5.83. The number of para-hydroxylation sites is 1. The molecular weight excluding hydrogens is 372 g/mol. The molecule has 0 radical (unpaired) electrons. The van der Waals surface area contributed by atoms with Crippen molar-refractivity contribution in [3.05, 3.63) is 51.8 Å². The number of benzene rings is 1. The van der Waals surface area contributed by atoms with Gasteiger partial charge in [0, 0.05) is 19.2 Å². The lowest BCUT2D eigenvalue weighted by Gasteiger charge is -2.21. The van der Waals surface area contributed by atoms with Crippen LogP contribution >= 0.6 is 0 Å². The number of nitrogen functional groups attached to an aromatic ring is 1. The van der Waals surface area contributed by atoms with E-state index in [9.17, 15) is 22.8 Å². The summed E-state index contributed by atoms with van der Waals surface area (Å²) in [6.07, 6.45) is 0. The number of nitrogens with zero attached hydrogens (tertiary/aromatic N) is 2. The molecule has 27 heavy (non-hydrogen) atoms. The summed E-state index contributed by atoms with van der Waals surface area (Å²) < 4.78 is 28.2. The largest absolute Gasteiger partial charge is 0.384 e. The number of rotatable bonds is 5. The minimum absolute atomic E-state index is 0.0156. The van der Waals surface area contributed by atoms with Gasteiger partial charge >= 0.3 is 0 Å². The molecule has 0 saturated heterocycles. The van der Waals surface area contributed by atoms with Crippen LogP contribution in [0.2, 0.25) is 0 Å². The van der Waals surface area contributed by atoms with E-state index >= 15 is 0 Å². The number of amides is 2. The predicted octanol–water partition coefficient (Wildman–Crippen LogP) is 0.334. The molecule has 0 fully saturated rings. The average Bonchev–Trinajstić information content (AvgIpc) is 2.90. The van der Waals surface area contributed by atoms with Gasteiger partial charge in [-0.05, 0) is 12.1 Å². The summed E-state index contributed by atoms with van der Waals surface area (Å²) in [5.74, 6) is -1.73. The zero-order valence-corrected chi connectivity index (χ0v) is 15.5. The summed E-state index contributed by atoms with van der Waals surface area (Å²) in [6.45, 7) is 3.91. The second kappa shape index (κ2) is 6.63. The number of sulfonamides is 1. The fraction of sp³-hybridized carbons (Fsp3) is 0.235. The number of carbonyl (C=O) groups is 2. The van der Waals surface area contributed by atoms with Crippen molar-refractivity contribution in [3.63, 3.8) is 0 Å². The molecule has 1 aliphatic heterocycles. The second-order valence-corrected chi connectivity index (χ2v) is 7.74. The van der Waals surface area contributed by atoms with E-state index in [2.05, 4.69) is 5.32 Å². The lowest BCUT2D eigenvalue weighted by molar-refractivity contribution is 0.0880. The Kier molecular flexibility index (Phi) is 4.62. The monoisotopic (exact) mass is 390 g/mol. The third-order valence-electron chi connectivity index (χ3n) is 4.38. The molecule has 1 aromatic carbocycles. The zero-order chi connectivity index (χ0) is 19.9. The van der Waals surface area contributed by atoms with Gasteiger partial charge in [0.05, 0.1) is 16.8 Å². The molecular formula is C17H18N4O5S. The highest BCUT2D eigenvalue weighted by molar-refractivity contribution is 7.89. The van der Waals surface area contributed by atoms with E-state index in [1.165, 1.54) is 22.5 Å².